The van der Waals surface area contributed by atoms with Crippen LogP contribution in [0.25, 0.3) is 0 Å². The molecule has 0 spiro atoms. The van der Waals surface area contributed by atoms with Crippen LogP contribution in [-0.4, -0.2) is 37.7 Å². The minimum Gasteiger partial charge on any atom is -0.489 e. The maximum Gasteiger partial charge on any atom is 0.123 e. The zero-order valence-electron chi connectivity index (χ0n) is 13.6. The van der Waals surface area contributed by atoms with E-state index in [0.29, 0.717) is 12.5 Å². The lowest BCUT2D eigenvalue weighted by molar-refractivity contribution is -0.0250. The molecular formula is C20H23NO2. The molecule has 0 saturated carbocycles. The number of nitrogens with zero attached hydrogens (tertiary/aromatic N) is 1. The van der Waals surface area contributed by atoms with Crippen LogP contribution >= 0.6 is 0 Å². The lowest BCUT2D eigenvalue weighted by atomic mass is 9.84. The van der Waals surface area contributed by atoms with E-state index in [9.17, 15) is 0 Å². The summed E-state index contributed by atoms with van der Waals surface area (Å²) in [6.45, 7) is 3.50. The number of morpholine rings is 1. The number of likely N-dealkylation sites (N-methyl/N-ethyl adjacent to an activating group) is 1. The first-order valence-corrected chi connectivity index (χ1v) is 8.41. The SMILES string of the molecule is CN1CCOC(CC2c3ccccc3COc3ccccc32)C1. The fraction of sp³-hybridized carbons (Fsp3) is 0.400. The minimum absolute atomic E-state index is 0.276. The summed E-state index contributed by atoms with van der Waals surface area (Å²) in [6, 6.07) is 17.1. The molecule has 2 aromatic carbocycles. The van der Waals surface area contributed by atoms with E-state index in [0.717, 1.165) is 31.9 Å². The minimum atomic E-state index is 0.276. The van der Waals surface area contributed by atoms with Gasteiger partial charge in [-0.15, -0.1) is 0 Å². The predicted molar refractivity (Wildman–Crippen MR) is 90.9 cm³/mol. The predicted octanol–water partition coefficient (Wildman–Crippen LogP) is 3.43. The fourth-order valence-corrected chi connectivity index (χ4v) is 3.75. The van der Waals surface area contributed by atoms with Crippen LogP contribution < -0.4 is 4.74 Å². The number of fused-ring (bicyclic) bond motifs is 2. The Bertz CT molecular complexity index is 637. The van der Waals surface area contributed by atoms with Gasteiger partial charge in [-0.2, -0.15) is 0 Å². The van der Waals surface area contributed by atoms with Crippen molar-refractivity contribution in [2.75, 3.05) is 26.7 Å². The van der Waals surface area contributed by atoms with Gasteiger partial charge in [0.25, 0.3) is 0 Å². The molecule has 2 aliphatic heterocycles. The molecule has 0 aromatic heterocycles. The van der Waals surface area contributed by atoms with Gasteiger partial charge >= 0.3 is 0 Å². The third-order valence-corrected chi connectivity index (χ3v) is 4.95. The van der Waals surface area contributed by atoms with E-state index < -0.39 is 0 Å². The average molecular weight is 309 g/mol. The van der Waals surface area contributed by atoms with Crippen molar-refractivity contribution in [2.45, 2.75) is 25.0 Å². The van der Waals surface area contributed by atoms with Crippen LogP contribution in [0.2, 0.25) is 0 Å². The molecule has 0 amide bonds. The maximum atomic E-state index is 6.06. The highest BCUT2D eigenvalue weighted by Gasteiger charge is 2.29. The van der Waals surface area contributed by atoms with Crippen molar-refractivity contribution in [1.29, 1.82) is 0 Å². The first-order chi connectivity index (χ1) is 11.3. The third-order valence-electron chi connectivity index (χ3n) is 4.95. The summed E-state index contributed by atoms with van der Waals surface area (Å²) < 4.78 is 12.1. The molecule has 0 N–H and O–H groups in total. The normalized spacial score (nSPS) is 24.2. The monoisotopic (exact) mass is 309 g/mol. The van der Waals surface area contributed by atoms with Crippen molar-refractivity contribution in [3.05, 3.63) is 65.2 Å². The summed E-state index contributed by atoms with van der Waals surface area (Å²) in [5.41, 5.74) is 3.96. The Labute approximate surface area is 137 Å². The summed E-state index contributed by atoms with van der Waals surface area (Å²) >= 11 is 0. The summed E-state index contributed by atoms with van der Waals surface area (Å²) in [7, 11) is 2.17. The van der Waals surface area contributed by atoms with E-state index in [1.54, 1.807) is 0 Å². The average Bonchev–Trinajstić information content (AvgIpc) is 2.73. The molecule has 23 heavy (non-hydrogen) atoms. The molecule has 3 heteroatoms. The lowest BCUT2D eigenvalue weighted by Gasteiger charge is -2.32. The van der Waals surface area contributed by atoms with Crippen LogP contribution in [0.1, 0.15) is 29.0 Å². The van der Waals surface area contributed by atoms with Gasteiger partial charge < -0.3 is 14.4 Å². The van der Waals surface area contributed by atoms with Crippen LogP contribution in [0.3, 0.4) is 0 Å². The number of hydrogen-bond acceptors (Lipinski definition) is 3. The molecule has 0 radical (unpaired) electrons. The van der Waals surface area contributed by atoms with Gasteiger partial charge in [0.05, 0.1) is 12.7 Å². The molecule has 4 rings (SSSR count). The maximum absolute atomic E-state index is 6.06. The first-order valence-electron chi connectivity index (χ1n) is 8.41. The molecule has 2 atom stereocenters. The Balaban J connectivity index is 1.71. The van der Waals surface area contributed by atoms with E-state index in [1.165, 1.54) is 16.7 Å². The highest BCUT2D eigenvalue weighted by atomic mass is 16.5. The van der Waals surface area contributed by atoms with Crippen LogP contribution in [0.5, 0.6) is 5.75 Å². The second-order valence-corrected chi connectivity index (χ2v) is 6.57. The highest BCUT2D eigenvalue weighted by molar-refractivity contribution is 5.46. The van der Waals surface area contributed by atoms with E-state index in [-0.39, 0.29) is 6.10 Å². The van der Waals surface area contributed by atoms with Crippen molar-refractivity contribution >= 4 is 0 Å². The van der Waals surface area contributed by atoms with Gasteiger partial charge in [-0.3, -0.25) is 0 Å². The largest absolute Gasteiger partial charge is 0.489 e. The lowest BCUT2D eigenvalue weighted by Crippen LogP contribution is -2.40. The van der Waals surface area contributed by atoms with E-state index >= 15 is 0 Å². The second-order valence-electron chi connectivity index (χ2n) is 6.57. The molecule has 2 unspecified atom stereocenters. The van der Waals surface area contributed by atoms with Gasteiger partial charge in [-0.25, -0.2) is 0 Å². The smallest absolute Gasteiger partial charge is 0.123 e. The van der Waals surface area contributed by atoms with Crippen LogP contribution in [-0.2, 0) is 11.3 Å². The molecule has 3 nitrogen and oxygen atoms in total. The van der Waals surface area contributed by atoms with E-state index in [2.05, 4.69) is 60.5 Å². The summed E-state index contributed by atoms with van der Waals surface area (Å²) in [4.78, 5) is 2.36. The number of rotatable bonds is 2. The Morgan fingerprint density at radius 2 is 1.83 bits per heavy atom. The zero-order chi connectivity index (χ0) is 15.6. The van der Waals surface area contributed by atoms with E-state index in [1.807, 2.05) is 0 Å². The van der Waals surface area contributed by atoms with Gasteiger partial charge in [-0.1, -0.05) is 42.5 Å². The van der Waals surface area contributed by atoms with Gasteiger partial charge in [-0.05, 0) is 30.7 Å². The van der Waals surface area contributed by atoms with Gasteiger partial charge in [0.15, 0.2) is 0 Å². The molecule has 120 valence electrons. The van der Waals surface area contributed by atoms with Gasteiger partial charge in [0.1, 0.15) is 12.4 Å². The summed E-state index contributed by atoms with van der Waals surface area (Å²) in [5.74, 6) is 1.35. The third kappa shape index (κ3) is 2.99. The second kappa shape index (κ2) is 6.34. The van der Waals surface area contributed by atoms with Gasteiger partial charge in [0.2, 0.25) is 0 Å². The van der Waals surface area contributed by atoms with Crippen molar-refractivity contribution < 1.29 is 9.47 Å². The number of benzene rings is 2. The van der Waals surface area contributed by atoms with E-state index in [4.69, 9.17) is 9.47 Å². The number of ether oxygens (including phenoxy) is 2. The van der Waals surface area contributed by atoms with Crippen LogP contribution in [0, 0.1) is 0 Å². The summed E-state index contributed by atoms with van der Waals surface area (Å²) in [5, 5.41) is 0. The molecule has 2 aliphatic rings. The highest BCUT2D eigenvalue weighted by Crippen LogP contribution is 2.40. The fourth-order valence-electron chi connectivity index (χ4n) is 3.75. The summed E-state index contributed by atoms with van der Waals surface area (Å²) in [6.07, 6.45) is 1.28. The Hall–Kier alpha value is -1.84. The molecule has 1 fully saturated rings. The molecule has 2 heterocycles. The Morgan fingerprint density at radius 1 is 1.04 bits per heavy atom. The molecular weight excluding hydrogens is 286 g/mol. The van der Waals surface area contributed by atoms with Crippen molar-refractivity contribution in [3.63, 3.8) is 0 Å². The van der Waals surface area contributed by atoms with Crippen LogP contribution in [0.15, 0.2) is 48.5 Å². The van der Waals surface area contributed by atoms with Crippen molar-refractivity contribution in [2.24, 2.45) is 0 Å². The van der Waals surface area contributed by atoms with Gasteiger partial charge in [0, 0.05) is 24.6 Å². The Kier molecular flexibility index (Phi) is 4.06. The number of para-hydroxylation sites is 1. The molecule has 0 bridgehead atoms. The molecule has 1 saturated heterocycles. The van der Waals surface area contributed by atoms with Crippen molar-refractivity contribution in [3.8, 4) is 5.75 Å². The zero-order valence-corrected chi connectivity index (χ0v) is 13.6. The quantitative estimate of drug-likeness (QED) is 0.848. The number of hydrogen-bond donors (Lipinski definition) is 0. The molecule has 0 aliphatic carbocycles. The Morgan fingerprint density at radius 3 is 2.70 bits per heavy atom. The topological polar surface area (TPSA) is 21.7 Å². The van der Waals surface area contributed by atoms with Crippen molar-refractivity contribution in [1.82, 2.24) is 4.90 Å². The van der Waals surface area contributed by atoms with Crippen LogP contribution in [0.4, 0.5) is 0 Å². The molecule has 2 aromatic rings. The standard InChI is InChI=1S/C20H23NO2/c1-21-10-11-22-16(13-21)12-19-17-7-3-2-6-15(17)14-23-20-9-5-4-8-18(19)20/h2-9,16,19H,10-14H2,1H3. The first kappa shape index (κ1) is 14.7.